The first-order chi connectivity index (χ1) is 11.2. The van der Waals surface area contributed by atoms with Crippen molar-refractivity contribution >= 4 is 28.2 Å². The van der Waals surface area contributed by atoms with E-state index in [1.807, 2.05) is 0 Å². The van der Waals surface area contributed by atoms with E-state index in [9.17, 15) is 22.8 Å². The third-order valence-electron chi connectivity index (χ3n) is 3.96. The highest BCUT2D eigenvalue weighted by atomic mass is 32.3. The molecule has 0 spiro atoms. The molecular weight excluding hydrogens is 344 g/mol. The number of piperidine rings is 1. The molecule has 2 atom stereocenters. The average molecular weight is 364 g/mol. The van der Waals surface area contributed by atoms with E-state index in [1.54, 1.807) is 13.8 Å². The molecule has 0 aromatic rings. The lowest BCUT2D eigenvalue weighted by Crippen LogP contribution is -2.55. The maximum atomic E-state index is 12.4. The minimum Gasteiger partial charge on any atom is -0.309 e. The van der Waals surface area contributed by atoms with Gasteiger partial charge in [-0.05, 0) is 19.8 Å². The van der Waals surface area contributed by atoms with Gasteiger partial charge in [0, 0.05) is 19.5 Å². The molecule has 24 heavy (non-hydrogen) atoms. The second-order valence-corrected chi connectivity index (χ2v) is 6.48. The number of urea groups is 1. The predicted octanol–water partition coefficient (Wildman–Crippen LogP) is -0.721. The van der Waals surface area contributed by atoms with Gasteiger partial charge in [0.05, 0.1) is 6.04 Å². The largest absolute Gasteiger partial charge is 0.418 e. The first-order valence-electron chi connectivity index (χ1n) is 7.55. The zero-order chi connectivity index (χ0) is 18.1. The number of hydroxylamine groups is 2. The zero-order valence-electron chi connectivity index (χ0n) is 13.3. The van der Waals surface area contributed by atoms with Gasteiger partial charge in [-0.1, -0.05) is 6.92 Å². The summed E-state index contributed by atoms with van der Waals surface area (Å²) in [4.78, 5) is 37.5. The van der Waals surface area contributed by atoms with Crippen molar-refractivity contribution in [3.8, 4) is 0 Å². The first kappa shape index (κ1) is 18.4. The molecule has 0 aromatic carbocycles. The molecule has 2 saturated heterocycles. The highest BCUT2D eigenvalue weighted by Gasteiger charge is 2.49. The number of nitrogens with one attached hydrogen (secondary N) is 1. The third kappa shape index (κ3) is 3.76. The minimum atomic E-state index is -4.83. The lowest BCUT2D eigenvalue weighted by atomic mass is 10.0. The first-order valence-corrected chi connectivity index (χ1v) is 8.92. The average Bonchev–Trinajstić information content (AvgIpc) is 2.75. The number of carbonyl (C=O) groups excluding carboxylic acids is 3. The van der Waals surface area contributed by atoms with Gasteiger partial charge >= 0.3 is 16.4 Å². The molecule has 2 rings (SSSR count). The van der Waals surface area contributed by atoms with Crippen molar-refractivity contribution in [3.63, 3.8) is 0 Å². The van der Waals surface area contributed by atoms with Crippen molar-refractivity contribution in [2.45, 2.75) is 45.2 Å². The lowest BCUT2D eigenvalue weighted by molar-refractivity contribution is -0.143. The van der Waals surface area contributed by atoms with Crippen LogP contribution in [0.3, 0.4) is 0 Å². The molecule has 136 valence electrons. The van der Waals surface area contributed by atoms with Crippen LogP contribution in [0.5, 0.6) is 0 Å². The van der Waals surface area contributed by atoms with Gasteiger partial charge in [0.1, 0.15) is 6.04 Å². The maximum absolute atomic E-state index is 12.4. The van der Waals surface area contributed by atoms with E-state index in [1.165, 1.54) is 9.91 Å². The molecule has 0 saturated carbocycles. The van der Waals surface area contributed by atoms with Crippen LogP contribution in [0, 0.1) is 0 Å². The van der Waals surface area contributed by atoms with Crippen molar-refractivity contribution in [1.82, 2.24) is 20.4 Å². The Balaban J connectivity index is 2.08. The smallest absolute Gasteiger partial charge is 0.309 e. The Labute approximate surface area is 139 Å². The Morgan fingerprint density at radius 3 is 2.58 bits per heavy atom. The molecule has 2 aliphatic rings. The summed E-state index contributed by atoms with van der Waals surface area (Å²) in [5, 5.41) is 1.73. The van der Waals surface area contributed by atoms with Crippen molar-refractivity contribution in [1.29, 1.82) is 0 Å². The Morgan fingerprint density at radius 1 is 1.38 bits per heavy atom. The van der Waals surface area contributed by atoms with Gasteiger partial charge in [0.25, 0.3) is 5.91 Å². The number of rotatable bonds is 5. The van der Waals surface area contributed by atoms with Crippen LogP contribution in [-0.2, 0) is 24.3 Å². The summed E-state index contributed by atoms with van der Waals surface area (Å²) in [5.41, 5.74) is 2.48. The molecular formula is C12H20N4O7S. The molecule has 12 heteroatoms. The normalized spacial score (nSPS) is 23.4. The van der Waals surface area contributed by atoms with E-state index < -0.39 is 34.4 Å². The van der Waals surface area contributed by atoms with Crippen molar-refractivity contribution in [2.75, 3.05) is 13.1 Å². The van der Waals surface area contributed by atoms with Gasteiger partial charge < -0.3 is 4.90 Å². The maximum Gasteiger partial charge on any atom is 0.418 e. The van der Waals surface area contributed by atoms with Gasteiger partial charge in [-0.25, -0.2) is 4.79 Å². The molecule has 2 aliphatic heterocycles. The van der Waals surface area contributed by atoms with E-state index in [2.05, 4.69) is 9.71 Å². The fourth-order valence-corrected chi connectivity index (χ4v) is 3.21. The predicted molar refractivity (Wildman–Crippen MR) is 79.2 cm³/mol. The van der Waals surface area contributed by atoms with Crippen LogP contribution >= 0.6 is 0 Å². The number of carbonyl (C=O) groups is 3. The summed E-state index contributed by atoms with van der Waals surface area (Å²) in [5.74, 6) is -0.789. The molecule has 2 N–H and O–H groups in total. The van der Waals surface area contributed by atoms with E-state index >= 15 is 0 Å². The van der Waals surface area contributed by atoms with Crippen LogP contribution in [0.4, 0.5) is 4.79 Å². The third-order valence-corrected chi connectivity index (χ3v) is 4.31. The molecule has 1 unspecified atom stereocenters. The molecule has 11 nitrogen and oxygen atoms in total. The van der Waals surface area contributed by atoms with E-state index in [0.29, 0.717) is 11.5 Å². The number of fused-ring (bicyclic) bond motifs is 2. The van der Waals surface area contributed by atoms with Crippen molar-refractivity contribution < 1.29 is 31.6 Å². The van der Waals surface area contributed by atoms with Crippen molar-refractivity contribution in [2.24, 2.45) is 0 Å². The Hall–Kier alpha value is -1.92. The number of hydrogen-bond acceptors (Lipinski definition) is 6. The topological polar surface area (TPSA) is 137 Å². The Bertz CT molecular complexity index is 637. The van der Waals surface area contributed by atoms with E-state index in [4.69, 9.17) is 4.55 Å². The van der Waals surface area contributed by atoms with Gasteiger partial charge in [0.2, 0.25) is 5.91 Å². The minimum absolute atomic E-state index is 0.0975. The van der Waals surface area contributed by atoms with E-state index in [0.717, 1.165) is 0 Å². The molecule has 2 heterocycles. The van der Waals surface area contributed by atoms with Crippen LogP contribution in [0.25, 0.3) is 0 Å². The molecule has 0 aliphatic carbocycles. The zero-order valence-corrected chi connectivity index (χ0v) is 14.2. The quantitative estimate of drug-likeness (QED) is 0.485. The van der Waals surface area contributed by atoms with Crippen LogP contribution in [-0.4, -0.2) is 71.0 Å². The Morgan fingerprint density at radius 2 is 2.04 bits per heavy atom. The fraction of sp³-hybridized carbons (Fsp3) is 0.750. The van der Waals surface area contributed by atoms with Crippen LogP contribution in [0.1, 0.15) is 33.1 Å². The van der Waals surface area contributed by atoms with Crippen LogP contribution in [0.2, 0.25) is 0 Å². The molecule has 4 amide bonds. The number of hydrazine groups is 1. The SMILES string of the molecule is CCC(=O)N(CC)NC(=O)[C@@H]1CCC2CN1C(=O)N2OS(=O)(=O)O. The molecule has 0 radical (unpaired) electrons. The lowest BCUT2D eigenvalue weighted by Gasteiger charge is -2.31. The summed E-state index contributed by atoms with van der Waals surface area (Å²) in [6.07, 6.45) is 0.828. The molecule has 0 aromatic heterocycles. The Kier molecular flexibility index (Phi) is 5.30. The number of amides is 4. The van der Waals surface area contributed by atoms with Crippen LogP contribution in [0.15, 0.2) is 0 Å². The highest BCUT2D eigenvalue weighted by molar-refractivity contribution is 7.80. The second kappa shape index (κ2) is 6.91. The number of hydrogen-bond donors (Lipinski definition) is 2. The summed E-state index contributed by atoms with van der Waals surface area (Å²) in [6.45, 7) is 3.74. The monoisotopic (exact) mass is 364 g/mol. The van der Waals surface area contributed by atoms with E-state index in [-0.39, 0.29) is 31.8 Å². The second-order valence-electron chi connectivity index (χ2n) is 5.48. The van der Waals surface area contributed by atoms with Gasteiger partial charge in [-0.15, -0.1) is 4.28 Å². The van der Waals surface area contributed by atoms with Crippen molar-refractivity contribution in [3.05, 3.63) is 0 Å². The molecule has 2 bridgehead atoms. The molecule has 2 fully saturated rings. The van der Waals surface area contributed by atoms with Gasteiger partial charge in [0.15, 0.2) is 0 Å². The fourth-order valence-electron chi connectivity index (χ4n) is 2.82. The highest BCUT2D eigenvalue weighted by Crippen LogP contribution is 2.30. The van der Waals surface area contributed by atoms with Gasteiger partial charge in [-0.2, -0.15) is 13.5 Å². The standard InChI is InChI=1S/C12H20N4O7S/c1-3-10(17)15(4-2)13-11(18)9-6-5-8-7-14(9)12(19)16(8)23-24(20,21)22/h8-9H,3-7H2,1-2H3,(H,13,18)(H,20,21,22)/t8?,9-/m0/s1. The van der Waals surface area contributed by atoms with Gasteiger partial charge in [-0.3, -0.25) is 24.6 Å². The number of nitrogens with zero attached hydrogens (tertiary/aromatic N) is 3. The summed E-state index contributed by atoms with van der Waals surface area (Å²) < 4.78 is 34.7. The summed E-state index contributed by atoms with van der Waals surface area (Å²) >= 11 is 0. The summed E-state index contributed by atoms with van der Waals surface area (Å²) in [7, 11) is -4.83. The summed E-state index contributed by atoms with van der Waals surface area (Å²) in [6, 6.07) is -2.23. The van der Waals surface area contributed by atoms with Crippen LogP contribution < -0.4 is 5.43 Å².